The van der Waals surface area contributed by atoms with Crippen molar-refractivity contribution >= 4 is 17.7 Å². The standard InChI is InChI=1S/C5H6N2O4.K/c1-2-11-5(10)3(7-6)4(8)9;/h2H2,1H3,(H,8,9);/q;+1/p-1. The Balaban J connectivity index is 0. The fraction of sp³-hybridized carbons (Fsp3) is 0.400. The topological polar surface area (TPSA) is 103 Å². The van der Waals surface area contributed by atoms with E-state index in [1.165, 1.54) is 6.92 Å². The molecule has 0 unspecified atom stereocenters. The van der Waals surface area contributed by atoms with E-state index in [0.717, 1.165) is 0 Å². The first-order valence-corrected chi connectivity index (χ1v) is 2.74. The van der Waals surface area contributed by atoms with Gasteiger partial charge in [-0.3, -0.25) is 0 Å². The van der Waals surface area contributed by atoms with Gasteiger partial charge in [0.05, 0.1) is 6.61 Å². The molecule has 6 nitrogen and oxygen atoms in total. The predicted molar refractivity (Wildman–Crippen MR) is 30.3 cm³/mol. The van der Waals surface area contributed by atoms with Crippen molar-refractivity contribution in [2.45, 2.75) is 6.92 Å². The van der Waals surface area contributed by atoms with Crippen molar-refractivity contribution in [3.8, 4) is 0 Å². The molecule has 0 atom stereocenters. The summed E-state index contributed by atoms with van der Waals surface area (Å²) < 4.78 is 4.21. The first-order chi connectivity index (χ1) is 5.13. The molecule has 0 rings (SSSR count). The quantitative estimate of drug-likeness (QED) is 0.112. The van der Waals surface area contributed by atoms with Gasteiger partial charge in [0, 0.05) is 0 Å². The van der Waals surface area contributed by atoms with Crippen molar-refractivity contribution in [1.82, 2.24) is 0 Å². The zero-order chi connectivity index (χ0) is 8.85. The van der Waals surface area contributed by atoms with E-state index >= 15 is 0 Å². The Morgan fingerprint density at radius 2 is 2.08 bits per heavy atom. The molecule has 0 aliphatic rings. The van der Waals surface area contributed by atoms with Gasteiger partial charge in [0.2, 0.25) is 0 Å². The summed E-state index contributed by atoms with van der Waals surface area (Å²) in [5.41, 5.74) is 6.83. The van der Waals surface area contributed by atoms with Crippen molar-refractivity contribution < 1.29 is 75.6 Å². The van der Waals surface area contributed by atoms with Gasteiger partial charge in [-0.25, -0.2) is 4.79 Å². The third-order valence-electron chi connectivity index (χ3n) is 0.762. The van der Waals surface area contributed by atoms with Gasteiger partial charge in [0.15, 0.2) is 5.97 Å². The molecule has 0 aliphatic heterocycles. The summed E-state index contributed by atoms with van der Waals surface area (Å²) in [7, 11) is 0. The van der Waals surface area contributed by atoms with Crippen LogP contribution in [0.3, 0.4) is 0 Å². The van der Waals surface area contributed by atoms with Gasteiger partial charge in [-0.2, -0.15) is 4.79 Å². The van der Waals surface area contributed by atoms with Crippen LogP contribution in [0, 0.1) is 0 Å². The molecule has 0 radical (unpaired) electrons. The van der Waals surface area contributed by atoms with E-state index in [2.05, 4.69) is 9.53 Å². The van der Waals surface area contributed by atoms with Crippen molar-refractivity contribution in [3.05, 3.63) is 5.53 Å². The van der Waals surface area contributed by atoms with E-state index < -0.39 is 17.7 Å². The van der Waals surface area contributed by atoms with E-state index in [4.69, 9.17) is 5.53 Å². The second-order valence-electron chi connectivity index (χ2n) is 1.46. The number of carboxylic acid groups (broad SMARTS) is 1. The van der Waals surface area contributed by atoms with Crippen LogP contribution in [0.25, 0.3) is 5.53 Å². The van der Waals surface area contributed by atoms with Crippen molar-refractivity contribution in [3.63, 3.8) is 0 Å². The molecule has 60 valence electrons. The summed E-state index contributed by atoms with van der Waals surface area (Å²) in [6, 6.07) is 0. The van der Waals surface area contributed by atoms with E-state index in [9.17, 15) is 14.7 Å². The average molecular weight is 196 g/mol. The summed E-state index contributed by atoms with van der Waals surface area (Å²) in [5.74, 6) is -3.08. The Kier molecular flexibility index (Phi) is 9.17. The number of esters is 1. The minimum absolute atomic E-state index is 0. The normalized spacial score (nSPS) is 7.42. The second-order valence-corrected chi connectivity index (χ2v) is 1.46. The van der Waals surface area contributed by atoms with Crippen LogP contribution in [0.1, 0.15) is 6.92 Å². The molecule has 0 spiro atoms. The largest absolute Gasteiger partial charge is 1.00 e. The summed E-state index contributed by atoms with van der Waals surface area (Å²) in [6.07, 6.45) is 0. The maximum atomic E-state index is 10.5. The molecule has 0 aromatic rings. The third kappa shape index (κ3) is 4.76. The zero-order valence-corrected chi connectivity index (χ0v) is 9.86. The van der Waals surface area contributed by atoms with Crippen LogP contribution in [-0.4, -0.2) is 29.0 Å². The van der Waals surface area contributed by atoms with E-state index in [1.807, 2.05) is 0 Å². The van der Waals surface area contributed by atoms with Gasteiger partial charge in [-0.15, -0.1) is 0 Å². The van der Waals surface area contributed by atoms with Gasteiger partial charge in [0.1, 0.15) is 0 Å². The van der Waals surface area contributed by atoms with Crippen LogP contribution in [0.5, 0.6) is 0 Å². The SMILES string of the molecule is CCOC(=O)C(=[N+]=[N-])C(=O)[O-].[K+]. The molecule has 0 amide bonds. The van der Waals surface area contributed by atoms with Crippen LogP contribution in [0.4, 0.5) is 0 Å². The first-order valence-electron chi connectivity index (χ1n) is 2.74. The third-order valence-corrected chi connectivity index (χ3v) is 0.762. The van der Waals surface area contributed by atoms with E-state index in [-0.39, 0.29) is 58.0 Å². The van der Waals surface area contributed by atoms with Crippen LogP contribution in [-0.2, 0) is 14.3 Å². The van der Waals surface area contributed by atoms with Crippen LogP contribution < -0.4 is 56.5 Å². The van der Waals surface area contributed by atoms with Gasteiger partial charge < -0.3 is 20.2 Å². The van der Waals surface area contributed by atoms with Crippen LogP contribution in [0.15, 0.2) is 0 Å². The molecule has 0 aromatic carbocycles. The Morgan fingerprint density at radius 1 is 1.58 bits per heavy atom. The first kappa shape index (κ1) is 14.5. The number of ether oxygens (including phenoxy) is 1. The number of carbonyl (C=O) groups is 2. The minimum Gasteiger partial charge on any atom is -0.538 e. The minimum atomic E-state index is -1.87. The van der Waals surface area contributed by atoms with Crippen molar-refractivity contribution in [2.75, 3.05) is 6.61 Å². The molecule has 0 heterocycles. The Bertz CT molecular complexity index is 234. The van der Waals surface area contributed by atoms with Crippen molar-refractivity contribution in [1.29, 1.82) is 0 Å². The maximum Gasteiger partial charge on any atom is 1.00 e. The van der Waals surface area contributed by atoms with Crippen LogP contribution in [0.2, 0.25) is 0 Å². The smallest absolute Gasteiger partial charge is 0.538 e. The Labute approximate surface area is 111 Å². The molecule has 0 aliphatic carbocycles. The average Bonchev–Trinajstić information content (AvgIpc) is 1.88. The molecule has 0 N–H and O–H groups in total. The molecule has 0 bridgehead atoms. The maximum absolute atomic E-state index is 10.5. The van der Waals surface area contributed by atoms with Crippen molar-refractivity contribution in [2.24, 2.45) is 0 Å². The van der Waals surface area contributed by atoms with E-state index in [1.54, 1.807) is 0 Å². The molecule has 0 aromatic heterocycles. The monoisotopic (exact) mass is 196 g/mol. The Morgan fingerprint density at radius 3 is 2.33 bits per heavy atom. The fourth-order valence-corrected chi connectivity index (χ4v) is 0.364. The number of aliphatic carboxylic acids is 1. The number of hydrogen-bond donors (Lipinski definition) is 0. The molecule has 0 fully saturated rings. The summed E-state index contributed by atoms with van der Waals surface area (Å²) in [5, 5.41) is 9.94. The van der Waals surface area contributed by atoms with Gasteiger partial charge >= 0.3 is 63.1 Å². The molecular weight excluding hydrogens is 191 g/mol. The molecule has 7 heteroatoms. The molecule has 0 saturated carbocycles. The van der Waals surface area contributed by atoms with Crippen LogP contribution >= 0.6 is 0 Å². The van der Waals surface area contributed by atoms with Gasteiger partial charge in [-0.1, -0.05) is 0 Å². The zero-order valence-electron chi connectivity index (χ0n) is 6.73. The number of nitrogens with zero attached hydrogens (tertiary/aromatic N) is 2. The number of hydrogen-bond acceptors (Lipinski definition) is 4. The van der Waals surface area contributed by atoms with Gasteiger partial charge in [0.25, 0.3) is 0 Å². The van der Waals surface area contributed by atoms with Gasteiger partial charge in [-0.05, 0) is 6.92 Å². The number of carbonyl (C=O) groups excluding carboxylic acids is 2. The van der Waals surface area contributed by atoms with E-state index in [0.29, 0.717) is 0 Å². The summed E-state index contributed by atoms with van der Waals surface area (Å²) >= 11 is 0. The fourth-order valence-electron chi connectivity index (χ4n) is 0.364. The number of rotatable bonds is 3. The molecule has 12 heavy (non-hydrogen) atoms. The molecule has 0 saturated heterocycles. The predicted octanol–water partition coefficient (Wildman–Crippen LogP) is -5.03. The Hall–Kier alpha value is -0.0436. The summed E-state index contributed by atoms with van der Waals surface area (Å²) in [6.45, 7) is 1.49. The summed E-state index contributed by atoms with van der Waals surface area (Å²) in [4.78, 5) is 22.6. The second kappa shape index (κ2) is 7.60. The molecular formula is C5H5KN2O4. The number of carboxylic acids is 1.